The minimum atomic E-state index is 0.0351. The highest BCUT2D eigenvalue weighted by molar-refractivity contribution is 5.93. The van der Waals surface area contributed by atoms with Crippen molar-refractivity contribution in [2.75, 3.05) is 31.5 Å². The van der Waals surface area contributed by atoms with Crippen molar-refractivity contribution >= 4 is 11.6 Å². The van der Waals surface area contributed by atoms with Gasteiger partial charge in [0.1, 0.15) is 0 Å². The summed E-state index contributed by atoms with van der Waals surface area (Å²) in [6.07, 6.45) is 0. The fourth-order valence-corrected chi connectivity index (χ4v) is 2.35. The van der Waals surface area contributed by atoms with E-state index < -0.39 is 0 Å². The molecule has 6 heteroatoms. The van der Waals surface area contributed by atoms with Crippen LogP contribution in [0, 0.1) is 13.8 Å². The Kier molecular flexibility index (Phi) is 4.21. The van der Waals surface area contributed by atoms with Gasteiger partial charge in [-0.1, -0.05) is 6.92 Å². The van der Waals surface area contributed by atoms with Crippen LogP contribution in [0.2, 0.25) is 0 Å². The van der Waals surface area contributed by atoms with Gasteiger partial charge in [-0.15, -0.1) is 0 Å². The van der Waals surface area contributed by atoms with E-state index in [1.807, 2.05) is 20.9 Å². The first-order valence-electron chi connectivity index (χ1n) is 6.77. The van der Waals surface area contributed by atoms with Gasteiger partial charge in [-0.25, -0.2) is 0 Å². The highest BCUT2D eigenvalue weighted by Gasteiger charge is 2.25. The average molecular weight is 265 g/mol. The van der Waals surface area contributed by atoms with E-state index in [-0.39, 0.29) is 5.91 Å². The van der Waals surface area contributed by atoms with Gasteiger partial charge in [0.2, 0.25) is 5.91 Å². The van der Waals surface area contributed by atoms with E-state index in [1.165, 1.54) is 0 Å². The largest absolute Gasteiger partial charge is 0.322 e. The third-order valence-corrected chi connectivity index (χ3v) is 3.80. The molecule has 0 radical (unpaired) electrons. The summed E-state index contributed by atoms with van der Waals surface area (Å²) >= 11 is 0. The van der Waals surface area contributed by atoms with Crippen LogP contribution in [0.4, 0.5) is 5.69 Å². The number of aromatic nitrogens is 2. The topological polar surface area (TPSA) is 62.2 Å². The number of anilines is 1. The quantitative estimate of drug-likeness (QED) is 0.802. The second-order valence-electron chi connectivity index (χ2n) is 5.09. The smallest absolute Gasteiger partial charge is 0.238 e. The molecule has 0 aromatic carbocycles. The lowest BCUT2D eigenvalue weighted by atomic mass is 10.1. The summed E-state index contributed by atoms with van der Waals surface area (Å²) in [5.41, 5.74) is 2.69. The number of carbonyl (C=O) groups is 1. The zero-order valence-corrected chi connectivity index (χ0v) is 12.2. The zero-order chi connectivity index (χ0) is 14.0. The molecule has 0 bridgehead atoms. The van der Waals surface area contributed by atoms with Gasteiger partial charge in [0.25, 0.3) is 0 Å². The van der Waals surface area contributed by atoms with Gasteiger partial charge < -0.3 is 10.6 Å². The SMILES string of the molecule is CCN(CC(=O)Nc1c(C)nn(C)c1C)C1CNC1. The van der Waals surface area contributed by atoms with Crippen LogP contribution >= 0.6 is 0 Å². The second-order valence-corrected chi connectivity index (χ2v) is 5.09. The highest BCUT2D eigenvalue weighted by Crippen LogP contribution is 2.18. The fourth-order valence-electron chi connectivity index (χ4n) is 2.35. The summed E-state index contributed by atoms with van der Waals surface area (Å²) in [6, 6.07) is 0.492. The molecule has 0 aliphatic carbocycles. The van der Waals surface area contributed by atoms with Gasteiger partial charge in [0.15, 0.2) is 0 Å². The molecule has 1 aromatic rings. The van der Waals surface area contributed by atoms with Crippen molar-refractivity contribution in [1.29, 1.82) is 0 Å². The lowest BCUT2D eigenvalue weighted by molar-refractivity contribution is -0.118. The molecule has 0 spiro atoms. The number of carbonyl (C=O) groups excluding carboxylic acids is 1. The number of hydrogen-bond donors (Lipinski definition) is 2. The fraction of sp³-hybridized carbons (Fsp3) is 0.692. The Labute approximate surface area is 114 Å². The van der Waals surface area contributed by atoms with Crippen LogP contribution in [0.3, 0.4) is 0 Å². The lowest BCUT2D eigenvalue weighted by Crippen LogP contribution is -2.58. The maximum absolute atomic E-state index is 12.1. The van der Waals surface area contributed by atoms with Gasteiger partial charge in [-0.2, -0.15) is 5.10 Å². The molecule has 1 amide bonds. The zero-order valence-electron chi connectivity index (χ0n) is 12.2. The molecule has 2 heterocycles. The van der Waals surface area contributed by atoms with Crippen LogP contribution in [0.15, 0.2) is 0 Å². The highest BCUT2D eigenvalue weighted by atomic mass is 16.2. The van der Waals surface area contributed by atoms with E-state index >= 15 is 0 Å². The number of nitrogens with zero attached hydrogens (tertiary/aromatic N) is 3. The molecule has 1 fully saturated rings. The standard InChI is InChI=1S/C13H23N5O/c1-5-18(11-6-14-7-11)8-12(19)15-13-9(2)16-17(4)10(13)3/h11,14H,5-8H2,1-4H3,(H,15,19). The van der Waals surface area contributed by atoms with Crippen molar-refractivity contribution in [2.45, 2.75) is 26.8 Å². The Morgan fingerprint density at radius 3 is 2.63 bits per heavy atom. The van der Waals surface area contributed by atoms with Crippen LogP contribution in [0.5, 0.6) is 0 Å². The Bertz CT molecular complexity index is 464. The first kappa shape index (κ1) is 14.0. The van der Waals surface area contributed by atoms with Crippen molar-refractivity contribution in [2.24, 2.45) is 7.05 Å². The maximum atomic E-state index is 12.1. The third kappa shape index (κ3) is 2.96. The van der Waals surface area contributed by atoms with Gasteiger partial charge >= 0.3 is 0 Å². The predicted octanol–water partition coefficient (Wildman–Crippen LogP) is 0.269. The second kappa shape index (κ2) is 5.71. The molecule has 0 saturated carbocycles. The summed E-state index contributed by atoms with van der Waals surface area (Å²) < 4.78 is 1.79. The minimum Gasteiger partial charge on any atom is -0.322 e. The molecule has 2 rings (SSSR count). The molecule has 2 N–H and O–H groups in total. The van der Waals surface area contributed by atoms with Gasteiger partial charge in [0.05, 0.1) is 23.6 Å². The Morgan fingerprint density at radius 2 is 2.21 bits per heavy atom. The van der Waals surface area contributed by atoms with E-state index in [4.69, 9.17) is 0 Å². The van der Waals surface area contributed by atoms with Crippen LogP contribution in [0.25, 0.3) is 0 Å². The number of likely N-dealkylation sites (N-methyl/N-ethyl adjacent to an activating group) is 1. The molecule has 0 atom stereocenters. The van der Waals surface area contributed by atoms with Crippen LogP contribution in [-0.2, 0) is 11.8 Å². The van der Waals surface area contributed by atoms with E-state index in [2.05, 4.69) is 27.6 Å². The Hall–Kier alpha value is -1.40. The molecular formula is C13H23N5O. The summed E-state index contributed by atoms with van der Waals surface area (Å²) in [7, 11) is 1.89. The summed E-state index contributed by atoms with van der Waals surface area (Å²) in [4.78, 5) is 14.3. The predicted molar refractivity (Wildman–Crippen MR) is 75.2 cm³/mol. The van der Waals surface area contributed by atoms with Crippen LogP contribution in [0.1, 0.15) is 18.3 Å². The molecule has 1 aliphatic rings. The van der Waals surface area contributed by atoms with E-state index in [9.17, 15) is 4.79 Å². The Balaban J connectivity index is 1.96. The summed E-state index contributed by atoms with van der Waals surface area (Å²) in [6.45, 7) is 9.25. The molecule has 1 aromatic heterocycles. The molecule has 106 valence electrons. The third-order valence-electron chi connectivity index (χ3n) is 3.80. The molecule has 6 nitrogen and oxygen atoms in total. The van der Waals surface area contributed by atoms with Crippen LogP contribution in [-0.4, -0.2) is 52.8 Å². The monoisotopic (exact) mass is 265 g/mol. The van der Waals surface area contributed by atoms with E-state index in [0.717, 1.165) is 36.7 Å². The van der Waals surface area contributed by atoms with Gasteiger partial charge in [-0.3, -0.25) is 14.4 Å². The number of rotatable bonds is 5. The number of aryl methyl sites for hydroxylation is 2. The number of hydrogen-bond acceptors (Lipinski definition) is 4. The van der Waals surface area contributed by atoms with Crippen molar-refractivity contribution in [3.05, 3.63) is 11.4 Å². The maximum Gasteiger partial charge on any atom is 0.238 e. The first-order chi connectivity index (χ1) is 9.02. The van der Waals surface area contributed by atoms with E-state index in [0.29, 0.717) is 12.6 Å². The van der Waals surface area contributed by atoms with Crippen molar-refractivity contribution < 1.29 is 4.79 Å². The van der Waals surface area contributed by atoms with E-state index in [1.54, 1.807) is 4.68 Å². The average Bonchev–Trinajstić information content (AvgIpc) is 2.53. The summed E-state index contributed by atoms with van der Waals surface area (Å²) in [5, 5.41) is 10.5. The van der Waals surface area contributed by atoms with Gasteiger partial charge in [0, 0.05) is 26.2 Å². The lowest BCUT2D eigenvalue weighted by Gasteiger charge is -2.37. The summed E-state index contributed by atoms with van der Waals surface area (Å²) in [5.74, 6) is 0.0351. The van der Waals surface area contributed by atoms with Crippen LogP contribution < -0.4 is 10.6 Å². The normalized spacial score (nSPS) is 15.6. The molecule has 0 unspecified atom stereocenters. The number of nitrogens with one attached hydrogen (secondary N) is 2. The molecular weight excluding hydrogens is 242 g/mol. The molecule has 1 aliphatic heterocycles. The van der Waals surface area contributed by atoms with Crippen molar-refractivity contribution in [3.8, 4) is 0 Å². The van der Waals surface area contributed by atoms with Crippen molar-refractivity contribution in [1.82, 2.24) is 20.0 Å². The van der Waals surface area contributed by atoms with Crippen molar-refractivity contribution in [3.63, 3.8) is 0 Å². The van der Waals surface area contributed by atoms with Gasteiger partial charge in [-0.05, 0) is 20.4 Å². The number of amides is 1. The first-order valence-corrected chi connectivity index (χ1v) is 6.77. The molecule has 1 saturated heterocycles. The minimum absolute atomic E-state index is 0.0351. The molecule has 19 heavy (non-hydrogen) atoms. The Morgan fingerprint density at radius 1 is 1.53 bits per heavy atom.